The van der Waals surface area contributed by atoms with E-state index in [9.17, 15) is 0 Å². The Morgan fingerprint density at radius 1 is 1.32 bits per heavy atom. The summed E-state index contributed by atoms with van der Waals surface area (Å²) in [5, 5.41) is 3.50. The highest BCUT2D eigenvalue weighted by Gasteiger charge is 2.21. The van der Waals surface area contributed by atoms with E-state index in [1.54, 1.807) is 0 Å². The Hall–Kier alpha value is -1.26. The van der Waals surface area contributed by atoms with Gasteiger partial charge in [-0.3, -0.25) is 0 Å². The molecule has 4 nitrogen and oxygen atoms in total. The summed E-state index contributed by atoms with van der Waals surface area (Å²) in [6.07, 6.45) is 3.48. The lowest BCUT2D eigenvalue weighted by Crippen LogP contribution is -2.27. The first-order chi connectivity index (χ1) is 9.24. The van der Waals surface area contributed by atoms with Gasteiger partial charge in [-0.15, -0.1) is 0 Å². The fraction of sp³-hybridized carbons (Fsp3) is 0.600. The maximum absolute atomic E-state index is 6.37. The molecule has 0 amide bonds. The maximum Gasteiger partial charge on any atom is 0.161 e. The second kappa shape index (κ2) is 5.39. The molecular formula is C15H22N2O2. The Balaban J connectivity index is 1.78. The van der Waals surface area contributed by atoms with Crippen molar-refractivity contribution in [3.05, 3.63) is 23.3 Å². The summed E-state index contributed by atoms with van der Waals surface area (Å²) in [6, 6.07) is 4.73. The van der Waals surface area contributed by atoms with Gasteiger partial charge in [0.25, 0.3) is 0 Å². The van der Waals surface area contributed by atoms with Crippen LogP contribution < -0.4 is 20.5 Å². The summed E-state index contributed by atoms with van der Waals surface area (Å²) >= 11 is 0. The van der Waals surface area contributed by atoms with Crippen LogP contribution in [0.1, 0.15) is 36.4 Å². The highest BCUT2D eigenvalue weighted by atomic mass is 16.6. The monoisotopic (exact) mass is 262 g/mol. The Labute approximate surface area is 114 Å². The first-order valence-corrected chi connectivity index (χ1v) is 7.13. The van der Waals surface area contributed by atoms with E-state index < -0.39 is 0 Å². The molecule has 0 aliphatic carbocycles. The van der Waals surface area contributed by atoms with Gasteiger partial charge in [-0.1, -0.05) is 0 Å². The molecular weight excluding hydrogens is 240 g/mol. The quantitative estimate of drug-likeness (QED) is 0.873. The fourth-order valence-electron chi connectivity index (χ4n) is 3.00. The number of nitrogens with one attached hydrogen (secondary N) is 1. The van der Waals surface area contributed by atoms with Gasteiger partial charge >= 0.3 is 0 Å². The van der Waals surface area contributed by atoms with Crippen LogP contribution in [0.15, 0.2) is 12.1 Å². The van der Waals surface area contributed by atoms with Gasteiger partial charge in [-0.05, 0) is 56.0 Å². The van der Waals surface area contributed by atoms with Gasteiger partial charge in [0.2, 0.25) is 0 Å². The van der Waals surface area contributed by atoms with Crippen molar-refractivity contribution in [1.29, 1.82) is 0 Å². The molecule has 4 heteroatoms. The first-order valence-electron chi connectivity index (χ1n) is 7.13. The second-order valence-electron chi connectivity index (χ2n) is 5.49. The SMILES string of the molecule is Cc1cc2c(cc1C(N)CC1CCCN1)OCCO2. The predicted octanol–water partition coefficient (Wildman–Crippen LogP) is 1.91. The summed E-state index contributed by atoms with van der Waals surface area (Å²) in [7, 11) is 0. The lowest BCUT2D eigenvalue weighted by Gasteiger charge is -2.23. The lowest BCUT2D eigenvalue weighted by molar-refractivity contribution is 0.171. The van der Waals surface area contributed by atoms with E-state index >= 15 is 0 Å². The number of ether oxygens (including phenoxy) is 2. The van der Waals surface area contributed by atoms with Crippen LogP contribution in [-0.2, 0) is 0 Å². The summed E-state index contributed by atoms with van der Waals surface area (Å²) in [6.45, 7) is 4.46. The topological polar surface area (TPSA) is 56.5 Å². The number of fused-ring (bicyclic) bond motifs is 1. The summed E-state index contributed by atoms with van der Waals surface area (Å²) in [5.41, 5.74) is 8.74. The van der Waals surface area contributed by atoms with Crippen molar-refractivity contribution in [2.24, 2.45) is 5.73 Å². The first kappa shape index (κ1) is 12.8. The second-order valence-corrected chi connectivity index (χ2v) is 5.49. The summed E-state index contributed by atoms with van der Waals surface area (Å²) < 4.78 is 11.2. The third-order valence-electron chi connectivity index (χ3n) is 4.03. The van der Waals surface area contributed by atoms with Crippen molar-refractivity contribution < 1.29 is 9.47 Å². The van der Waals surface area contributed by atoms with Crippen molar-refractivity contribution in [2.75, 3.05) is 19.8 Å². The van der Waals surface area contributed by atoms with Crippen LogP contribution in [0.5, 0.6) is 11.5 Å². The molecule has 3 N–H and O–H groups in total. The van der Waals surface area contributed by atoms with Gasteiger partial charge in [0.05, 0.1) is 0 Å². The zero-order chi connectivity index (χ0) is 13.2. The normalized spacial score (nSPS) is 23.4. The van der Waals surface area contributed by atoms with Crippen LogP contribution in [0.2, 0.25) is 0 Å². The van der Waals surface area contributed by atoms with Crippen LogP contribution in [-0.4, -0.2) is 25.8 Å². The number of rotatable bonds is 3. The Kier molecular flexibility index (Phi) is 3.62. The molecule has 2 unspecified atom stereocenters. The molecule has 19 heavy (non-hydrogen) atoms. The number of hydrogen-bond acceptors (Lipinski definition) is 4. The van der Waals surface area contributed by atoms with Crippen molar-refractivity contribution in [1.82, 2.24) is 5.32 Å². The minimum Gasteiger partial charge on any atom is -0.486 e. The van der Waals surface area contributed by atoms with Crippen LogP contribution in [0.3, 0.4) is 0 Å². The van der Waals surface area contributed by atoms with Gasteiger partial charge in [0.15, 0.2) is 11.5 Å². The molecule has 0 aromatic heterocycles. The fourth-order valence-corrected chi connectivity index (χ4v) is 3.00. The Morgan fingerprint density at radius 2 is 2.05 bits per heavy atom. The van der Waals surface area contributed by atoms with Gasteiger partial charge in [0.1, 0.15) is 13.2 Å². The third-order valence-corrected chi connectivity index (χ3v) is 4.03. The van der Waals surface area contributed by atoms with Crippen LogP contribution >= 0.6 is 0 Å². The van der Waals surface area contributed by atoms with Crippen molar-refractivity contribution >= 4 is 0 Å². The molecule has 2 aliphatic rings. The van der Waals surface area contributed by atoms with Crippen LogP contribution in [0.25, 0.3) is 0 Å². The molecule has 2 atom stereocenters. The van der Waals surface area contributed by atoms with E-state index in [0.717, 1.165) is 24.5 Å². The number of aryl methyl sites for hydroxylation is 1. The molecule has 3 rings (SSSR count). The van der Waals surface area contributed by atoms with Gasteiger partial charge in [0, 0.05) is 12.1 Å². The summed E-state index contributed by atoms with van der Waals surface area (Å²) in [5.74, 6) is 1.68. The van der Waals surface area contributed by atoms with Gasteiger partial charge in [-0.2, -0.15) is 0 Å². The zero-order valence-corrected chi connectivity index (χ0v) is 11.4. The van der Waals surface area contributed by atoms with Gasteiger partial charge < -0.3 is 20.5 Å². The predicted molar refractivity (Wildman–Crippen MR) is 74.7 cm³/mol. The van der Waals surface area contributed by atoms with E-state index in [1.807, 2.05) is 6.07 Å². The number of nitrogens with two attached hydrogens (primary N) is 1. The minimum atomic E-state index is 0.0615. The average molecular weight is 262 g/mol. The molecule has 1 saturated heterocycles. The Morgan fingerprint density at radius 3 is 2.74 bits per heavy atom. The van der Waals surface area contributed by atoms with E-state index in [2.05, 4.69) is 18.3 Å². The highest BCUT2D eigenvalue weighted by Crippen LogP contribution is 2.35. The summed E-state index contributed by atoms with van der Waals surface area (Å²) in [4.78, 5) is 0. The smallest absolute Gasteiger partial charge is 0.161 e. The average Bonchev–Trinajstić information content (AvgIpc) is 2.90. The molecule has 1 aromatic carbocycles. The third kappa shape index (κ3) is 2.69. The molecule has 2 heterocycles. The lowest BCUT2D eigenvalue weighted by atomic mass is 9.95. The van der Waals surface area contributed by atoms with Crippen LogP contribution in [0, 0.1) is 6.92 Å². The largest absolute Gasteiger partial charge is 0.486 e. The van der Waals surface area contributed by atoms with E-state index in [0.29, 0.717) is 19.3 Å². The van der Waals surface area contributed by atoms with Crippen molar-refractivity contribution in [3.63, 3.8) is 0 Å². The van der Waals surface area contributed by atoms with E-state index in [-0.39, 0.29) is 6.04 Å². The standard InChI is InChI=1S/C15H22N2O2/c1-10-7-14-15(19-6-5-18-14)9-12(10)13(16)8-11-3-2-4-17-11/h7,9,11,13,17H,2-6,8,16H2,1H3. The van der Waals surface area contributed by atoms with E-state index in [1.165, 1.54) is 24.0 Å². The number of hydrogen-bond donors (Lipinski definition) is 2. The Bertz CT molecular complexity index is 456. The van der Waals surface area contributed by atoms with Crippen molar-refractivity contribution in [3.8, 4) is 11.5 Å². The number of benzene rings is 1. The molecule has 104 valence electrons. The van der Waals surface area contributed by atoms with Gasteiger partial charge in [-0.25, -0.2) is 0 Å². The molecule has 1 aromatic rings. The van der Waals surface area contributed by atoms with Crippen LogP contribution in [0.4, 0.5) is 0 Å². The molecule has 1 fully saturated rings. The minimum absolute atomic E-state index is 0.0615. The maximum atomic E-state index is 6.37. The molecule has 0 spiro atoms. The molecule has 0 saturated carbocycles. The van der Waals surface area contributed by atoms with Crippen molar-refractivity contribution in [2.45, 2.75) is 38.3 Å². The molecule has 2 aliphatic heterocycles. The molecule has 0 radical (unpaired) electrons. The highest BCUT2D eigenvalue weighted by molar-refractivity contribution is 5.48. The zero-order valence-electron chi connectivity index (χ0n) is 11.4. The van der Waals surface area contributed by atoms with E-state index in [4.69, 9.17) is 15.2 Å². The molecule has 0 bridgehead atoms.